The summed E-state index contributed by atoms with van der Waals surface area (Å²) in [5.41, 5.74) is 2.94. The monoisotopic (exact) mass is 349 g/mol. The van der Waals surface area contributed by atoms with E-state index in [1.165, 1.54) is 6.08 Å². The number of nitrogens with zero attached hydrogens (tertiary/aromatic N) is 1. The van der Waals surface area contributed by atoms with Crippen LogP contribution in [-0.2, 0) is 16.0 Å². The molecule has 0 aromatic heterocycles. The summed E-state index contributed by atoms with van der Waals surface area (Å²) < 4.78 is 10.8. The molecule has 1 fully saturated rings. The van der Waals surface area contributed by atoms with Crippen LogP contribution in [0.25, 0.3) is 6.08 Å². The SMILES string of the molecule is O=C(/C=C/c1ccc2c(c1)CCO2)Oc1ccc(N2CCCC2=O)cc1. The van der Waals surface area contributed by atoms with Gasteiger partial charge >= 0.3 is 5.97 Å². The quantitative estimate of drug-likeness (QED) is 0.482. The highest BCUT2D eigenvalue weighted by atomic mass is 16.5. The predicted molar refractivity (Wildman–Crippen MR) is 98.3 cm³/mol. The molecule has 0 unspecified atom stereocenters. The molecule has 0 saturated carbocycles. The summed E-state index contributed by atoms with van der Waals surface area (Å²) in [5, 5.41) is 0. The van der Waals surface area contributed by atoms with E-state index in [-0.39, 0.29) is 5.91 Å². The van der Waals surface area contributed by atoms with Gasteiger partial charge in [0, 0.05) is 31.1 Å². The predicted octanol–water partition coefficient (Wildman–Crippen LogP) is 3.37. The molecule has 2 aromatic carbocycles. The number of anilines is 1. The lowest BCUT2D eigenvalue weighted by molar-refractivity contribution is -0.128. The number of ether oxygens (including phenoxy) is 2. The molecule has 0 radical (unpaired) electrons. The number of carbonyl (C=O) groups is 2. The molecule has 0 spiro atoms. The third-order valence-electron chi connectivity index (χ3n) is 4.57. The minimum absolute atomic E-state index is 0.137. The normalized spacial score (nSPS) is 16.0. The van der Waals surface area contributed by atoms with Crippen LogP contribution in [-0.4, -0.2) is 25.0 Å². The van der Waals surface area contributed by atoms with E-state index >= 15 is 0 Å². The molecule has 2 aliphatic heterocycles. The van der Waals surface area contributed by atoms with Crippen LogP contribution in [0, 0.1) is 0 Å². The fourth-order valence-corrected chi connectivity index (χ4v) is 3.24. The fraction of sp³-hybridized carbons (Fsp3) is 0.238. The van der Waals surface area contributed by atoms with E-state index < -0.39 is 5.97 Å². The lowest BCUT2D eigenvalue weighted by Crippen LogP contribution is -2.23. The van der Waals surface area contributed by atoms with Crippen LogP contribution in [0.15, 0.2) is 48.5 Å². The van der Waals surface area contributed by atoms with E-state index in [9.17, 15) is 9.59 Å². The molecule has 132 valence electrons. The van der Waals surface area contributed by atoms with Crippen molar-refractivity contribution < 1.29 is 19.1 Å². The Morgan fingerprint density at radius 3 is 2.73 bits per heavy atom. The molecule has 2 aliphatic rings. The van der Waals surface area contributed by atoms with Crippen molar-refractivity contribution in [1.29, 1.82) is 0 Å². The van der Waals surface area contributed by atoms with Gasteiger partial charge in [-0.25, -0.2) is 4.79 Å². The largest absolute Gasteiger partial charge is 0.493 e. The van der Waals surface area contributed by atoms with Crippen LogP contribution in [0.1, 0.15) is 24.0 Å². The zero-order chi connectivity index (χ0) is 17.9. The van der Waals surface area contributed by atoms with Crippen molar-refractivity contribution in [3.63, 3.8) is 0 Å². The second-order valence-electron chi connectivity index (χ2n) is 6.36. The first kappa shape index (κ1) is 16.4. The molecule has 4 rings (SSSR count). The molecule has 26 heavy (non-hydrogen) atoms. The van der Waals surface area contributed by atoms with Gasteiger partial charge in [0.1, 0.15) is 11.5 Å². The highest BCUT2D eigenvalue weighted by molar-refractivity contribution is 5.95. The molecule has 2 heterocycles. The summed E-state index contributed by atoms with van der Waals surface area (Å²) in [6.07, 6.45) is 5.52. The average Bonchev–Trinajstić information content (AvgIpc) is 3.29. The van der Waals surface area contributed by atoms with Gasteiger partial charge in [-0.1, -0.05) is 6.07 Å². The number of fused-ring (bicyclic) bond motifs is 1. The number of hydrogen-bond donors (Lipinski definition) is 0. The highest BCUT2D eigenvalue weighted by Crippen LogP contribution is 2.26. The molecule has 1 saturated heterocycles. The Morgan fingerprint density at radius 1 is 1.12 bits per heavy atom. The van der Waals surface area contributed by atoms with Gasteiger partial charge < -0.3 is 14.4 Å². The Labute approximate surface area is 151 Å². The fourth-order valence-electron chi connectivity index (χ4n) is 3.24. The molecule has 0 N–H and O–H groups in total. The van der Waals surface area contributed by atoms with Crippen molar-refractivity contribution in [1.82, 2.24) is 0 Å². The van der Waals surface area contributed by atoms with E-state index in [1.807, 2.05) is 18.2 Å². The van der Waals surface area contributed by atoms with Crippen molar-refractivity contribution >= 4 is 23.6 Å². The van der Waals surface area contributed by atoms with Crippen LogP contribution < -0.4 is 14.4 Å². The third-order valence-corrected chi connectivity index (χ3v) is 4.57. The maximum Gasteiger partial charge on any atom is 0.336 e. The molecule has 5 heteroatoms. The summed E-state index contributed by atoms with van der Waals surface area (Å²) in [6.45, 7) is 1.45. The van der Waals surface area contributed by atoms with Crippen molar-refractivity contribution in [2.24, 2.45) is 0 Å². The summed E-state index contributed by atoms with van der Waals surface area (Å²) in [7, 11) is 0. The molecule has 5 nitrogen and oxygen atoms in total. The van der Waals surface area contributed by atoms with Crippen molar-refractivity contribution in [3.05, 3.63) is 59.7 Å². The number of amides is 1. The van der Waals surface area contributed by atoms with E-state index in [2.05, 4.69) is 0 Å². The molecule has 0 atom stereocenters. The van der Waals surface area contributed by atoms with Crippen molar-refractivity contribution in [3.8, 4) is 11.5 Å². The van der Waals surface area contributed by atoms with Gasteiger partial charge in [-0.2, -0.15) is 0 Å². The average molecular weight is 349 g/mol. The summed E-state index contributed by atoms with van der Waals surface area (Å²) in [6, 6.07) is 12.9. The molecular weight excluding hydrogens is 330 g/mol. The van der Waals surface area contributed by atoms with E-state index in [0.717, 1.165) is 42.0 Å². The number of carbonyl (C=O) groups excluding carboxylic acids is 2. The van der Waals surface area contributed by atoms with E-state index in [1.54, 1.807) is 35.2 Å². The van der Waals surface area contributed by atoms with Crippen LogP contribution >= 0.6 is 0 Å². The molecule has 0 bridgehead atoms. The standard InChI is InChI=1S/C21H19NO4/c23-20-2-1-12-22(20)17-5-7-18(8-6-17)26-21(24)10-4-15-3-9-19-16(14-15)11-13-25-19/h3-10,14H,1-2,11-13H2/b10-4+. The third kappa shape index (κ3) is 3.47. The smallest absolute Gasteiger partial charge is 0.336 e. The second kappa shape index (κ2) is 7.04. The van der Waals surface area contributed by atoms with Gasteiger partial charge in [-0.05, 0) is 60.0 Å². The molecule has 0 aliphatic carbocycles. The van der Waals surface area contributed by atoms with Crippen molar-refractivity contribution in [2.75, 3.05) is 18.1 Å². The Kier molecular flexibility index (Phi) is 4.44. The van der Waals surface area contributed by atoms with Crippen LogP contribution in [0.3, 0.4) is 0 Å². The van der Waals surface area contributed by atoms with Crippen LogP contribution in [0.5, 0.6) is 11.5 Å². The Balaban J connectivity index is 1.38. The molecular formula is C21H19NO4. The number of hydrogen-bond acceptors (Lipinski definition) is 4. The van der Waals surface area contributed by atoms with Crippen LogP contribution in [0.4, 0.5) is 5.69 Å². The maximum absolute atomic E-state index is 12.0. The van der Waals surface area contributed by atoms with Crippen LogP contribution in [0.2, 0.25) is 0 Å². The molecule has 2 aromatic rings. The number of benzene rings is 2. The molecule has 1 amide bonds. The summed E-state index contributed by atoms with van der Waals surface area (Å²) in [5.74, 6) is 1.07. The zero-order valence-corrected chi connectivity index (χ0v) is 14.3. The Hall–Kier alpha value is -3.08. The number of esters is 1. The zero-order valence-electron chi connectivity index (χ0n) is 14.3. The summed E-state index contributed by atoms with van der Waals surface area (Å²) >= 11 is 0. The van der Waals surface area contributed by atoms with Gasteiger partial charge in [0.15, 0.2) is 0 Å². The van der Waals surface area contributed by atoms with Gasteiger partial charge in [0.05, 0.1) is 6.61 Å². The first-order valence-electron chi connectivity index (χ1n) is 8.75. The van der Waals surface area contributed by atoms with Crippen molar-refractivity contribution in [2.45, 2.75) is 19.3 Å². The summed E-state index contributed by atoms with van der Waals surface area (Å²) in [4.78, 5) is 25.5. The number of rotatable bonds is 4. The van der Waals surface area contributed by atoms with Gasteiger partial charge in [0.2, 0.25) is 5.91 Å². The minimum atomic E-state index is -0.438. The Morgan fingerprint density at radius 2 is 1.96 bits per heavy atom. The van der Waals surface area contributed by atoms with Gasteiger partial charge in [-0.3, -0.25) is 4.79 Å². The van der Waals surface area contributed by atoms with E-state index in [0.29, 0.717) is 18.8 Å². The lowest BCUT2D eigenvalue weighted by Gasteiger charge is -2.15. The Bertz CT molecular complexity index is 870. The second-order valence-corrected chi connectivity index (χ2v) is 6.36. The minimum Gasteiger partial charge on any atom is -0.493 e. The first-order chi connectivity index (χ1) is 12.7. The first-order valence-corrected chi connectivity index (χ1v) is 8.75. The lowest BCUT2D eigenvalue weighted by atomic mass is 10.1. The van der Waals surface area contributed by atoms with E-state index in [4.69, 9.17) is 9.47 Å². The maximum atomic E-state index is 12.0. The topological polar surface area (TPSA) is 55.8 Å². The van der Waals surface area contributed by atoms with Gasteiger partial charge in [-0.15, -0.1) is 0 Å². The van der Waals surface area contributed by atoms with Gasteiger partial charge in [0.25, 0.3) is 0 Å². The highest BCUT2D eigenvalue weighted by Gasteiger charge is 2.21.